The second-order valence-electron chi connectivity index (χ2n) is 9.89. The van der Waals surface area contributed by atoms with Gasteiger partial charge in [0, 0.05) is 29.8 Å². The highest BCUT2D eigenvalue weighted by molar-refractivity contribution is 6.33. The van der Waals surface area contributed by atoms with Crippen LogP contribution in [0.1, 0.15) is 32.0 Å². The van der Waals surface area contributed by atoms with Crippen molar-refractivity contribution in [1.29, 1.82) is 0 Å². The van der Waals surface area contributed by atoms with Crippen LogP contribution in [-0.2, 0) is 20.4 Å². The Bertz CT molecular complexity index is 1410. The molecule has 3 rings (SSSR count). The fraction of sp³-hybridized carbons (Fsp3) is 0.393. The van der Waals surface area contributed by atoms with Gasteiger partial charge >= 0.3 is 18.4 Å². The van der Waals surface area contributed by atoms with Gasteiger partial charge in [-0.15, -0.1) is 0 Å². The summed E-state index contributed by atoms with van der Waals surface area (Å²) < 4.78 is 65.8. The average molecular weight is 599 g/mol. The van der Waals surface area contributed by atoms with Gasteiger partial charge in [-0.25, -0.2) is 9.59 Å². The van der Waals surface area contributed by atoms with E-state index in [9.17, 15) is 22.8 Å². The number of carbonyl (C=O) groups is 2. The normalized spacial score (nSPS) is 11.7. The number of ether oxygens (including phenoxy) is 5. The minimum atomic E-state index is -4.51. The largest absolute Gasteiger partial charge is 0.511 e. The Balaban J connectivity index is 1.79. The number of alkyl halides is 3. The molecule has 0 saturated heterocycles. The van der Waals surface area contributed by atoms with Crippen LogP contribution in [0.15, 0.2) is 36.4 Å². The number of fused-ring (bicyclic) bond motifs is 1. The summed E-state index contributed by atoms with van der Waals surface area (Å²) in [5.74, 6) is 0.532. The van der Waals surface area contributed by atoms with Crippen LogP contribution in [0.25, 0.3) is 22.0 Å². The molecule has 2 aromatic carbocycles. The Hall–Kier alpha value is -3.93. The lowest BCUT2D eigenvalue weighted by molar-refractivity contribution is -0.137. The van der Waals surface area contributed by atoms with Crippen molar-refractivity contribution >= 4 is 34.8 Å². The SMILES string of the molecule is COc1cc2nc(C)c(-c3ccc(C(F)(F)F)cc3)c(OCOC(=O)OCCN(C)C(=O)OC(C)(C)C)c2cc1Cl. The number of hydrogen-bond donors (Lipinski definition) is 0. The molecule has 0 radical (unpaired) electrons. The smallest absolute Gasteiger partial charge is 0.495 e. The predicted molar refractivity (Wildman–Crippen MR) is 145 cm³/mol. The Labute approximate surface area is 240 Å². The van der Waals surface area contributed by atoms with Crippen molar-refractivity contribution in [3.05, 3.63) is 52.7 Å². The zero-order chi connectivity index (χ0) is 30.5. The van der Waals surface area contributed by atoms with Gasteiger partial charge in [-0.2, -0.15) is 13.2 Å². The molecule has 1 aromatic heterocycles. The highest BCUT2D eigenvalue weighted by atomic mass is 35.5. The Morgan fingerprint density at radius 2 is 1.71 bits per heavy atom. The number of nitrogens with zero attached hydrogens (tertiary/aromatic N) is 2. The van der Waals surface area contributed by atoms with Crippen molar-refractivity contribution in [3.63, 3.8) is 0 Å². The van der Waals surface area contributed by atoms with Crippen LogP contribution >= 0.6 is 11.6 Å². The first kappa shape index (κ1) is 31.6. The number of methoxy groups -OCH3 is 1. The van der Waals surface area contributed by atoms with E-state index < -0.39 is 36.4 Å². The molecule has 13 heteroatoms. The van der Waals surface area contributed by atoms with Crippen molar-refractivity contribution in [1.82, 2.24) is 9.88 Å². The van der Waals surface area contributed by atoms with Crippen LogP contribution in [-0.4, -0.2) is 61.8 Å². The quantitative estimate of drug-likeness (QED) is 0.198. The lowest BCUT2D eigenvalue weighted by Gasteiger charge is -2.24. The second-order valence-corrected chi connectivity index (χ2v) is 10.3. The average Bonchev–Trinajstić information content (AvgIpc) is 2.87. The number of amides is 1. The van der Waals surface area contributed by atoms with Crippen molar-refractivity contribution in [2.75, 3.05) is 34.1 Å². The van der Waals surface area contributed by atoms with E-state index in [-0.39, 0.29) is 23.9 Å². The number of aryl methyl sites for hydroxylation is 1. The molecule has 3 aromatic rings. The minimum Gasteiger partial charge on any atom is -0.495 e. The Kier molecular flexibility index (Phi) is 9.80. The molecule has 0 bridgehead atoms. The standard InChI is InChI=1S/C28H30ClF3N2O7/c1-16-23(17-7-9-18(10-8-17)28(30,31)32)24(19-13-20(29)22(37-6)14-21(19)33-16)39-15-40-26(36)38-12-11-34(5)25(35)41-27(2,3)4/h7-10,13-14H,11-12,15H2,1-6H3. The number of aromatic nitrogens is 1. The summed E-state index contributed by atoms with van der Waals surface area (Å²) in [5, 5.41) is 0.649. The maximum Gasteiger partial charge on any atom is 0.511 e. The molecule has 0 aliphatic carbocycles. The molecule has 0 atom stereocenters. The first-order chi connectivity index (χ1) is 19.1. The highest BCUT2D eigenvalue weighted by Gasteiger charge is 2.30. The number of pyridine rings is 1. The monoisotopic (exact) mass is 598 g/mol. The molecule has 0 spiro atoms. The molecule has 1 amide bonds. The fourth-order valence-electron chi connectivity index (χ4n) is 3.70. The number of carbonyl (C=O) groups excluding carboxylic acids is 2. The van der Waals surface area contributed by atoms with E-state index in [1.54, 1.807) is 33.8 Å². The van der Waals surface area contributed by atoms with Gasteiger partial charge in [0.05, 0.1) is 29.8 Å². The first-order valence-corrected chi connectivity index (χ1v) is 12.7. The van der Waals surface area contributed by atoms with Crippen molar-refractivity contribution in [2.45, 2.75) is 39.5 Å². The minimum absolute atomic E-state index is 0.0530. The number of rotatable bonds is 8. The molecule has 0 saturated carbocycles. The van der Waals surface area contributed by atoms with Crippen LogP contribution in [0, 0.1) is 6.92 Å². The van der Waals surface area contributed by atoms with E-state index in [1.165, 1.54) is 37.3 Å². The zero-order valence-electron chi connectivity index (χ0n) is 23.3. The van der Waals surface area contributed by atoms with Gasteiger partial charge in [-0.05, 0) is 51.5 Å². The van der Waals surface area contributed by atoms with Gasteiger partial charge in [0.2, 0.25) is 6.79 Å². The third kappa shape index (κ3) is 8.29. The summed E-state index contributed by atoms with van der Waals surface area (Å²) in [5.41, 5.74) is 0.146. The maximum atomic E-state index is 13.1. The molecule has 0 N–H and O–H groups in total. The lowest BCUT2D eigenvalue weighted by Crippen LogP contribution is -2.36. The Morgan fingerprint density at radius 1 is 1.05 bits per heavy atom. The summed E-state index contributed by atoms with van der Waals surface area (Å²) in [4.78, 5) is 30.0. The van der Waals surface area contributed by atoms with E-state index in [0.29, 0.717) is 33.5 Å². The predicted octanol–water partition coefficient (Wildman–Crippen LogP) is 7.25. The molecule has 1 heterocycles. The summed E-state index contributed by atoms with van der Waals surface area (Å²) in [7, 11) is 2.93. The van der Waals surface area contributed by atoms with Gasteiger partial charge in [0.1, 0.15) is 23.7 Å². The van der Waals surface area contributed by atoms with Gasteiger partial charge in [-0.3, -0.25) is 4.98 Å². The third-order valence-corrected chi connectivity index (χ3v) is 5.92. The molecule has 41 heavy (non-hydrogen) atoms. The Morgan fingerprint density at radius 3 is 2.29 bits per heavy atom. The van der Waals surface area contributed by atoms with Crippen LogP contribution in [0.5, 0.6) is 11.5 Å². The molecule has 222 valence electrons. The van der Waals surface area contributed by atoms with E-state index in [4.69, 9.17) is 35.3 Å². The van der Waals surface area contributed by atoms with Crippen LogP contribution in [0.2, 0.25) is 5.02 Å². The second kappa shape index (κ2) is 12.7. The number of likely N-dealkylation sites (N-methyl/N-ethyl adjacent to an activating group) is 1. The first-order valence-electron chi connectivity index (χ1n) is 12.3. The molecule has 0 aliphatic rings. The molecular formula is C28H30ClF3N2O7. The van der Waals surface area contributed by atoms with E-state index in [1.807, 2.05) is 0 Å². The van der Waals surface area contributed by atoms with E-state index in [2.05, 4.69) is 4.98 Å². The highest BCUT2D eigenvalue weighted by Crippen LogP contribution is 2.42. The van der Waals surface area contributed by atoms with Gasteiger partial charge in [-0.1, -0.05) is 23.7 Å². The fourth-order valence-corrected chi connectivity index (χ4v) is 3.94. The lowest BCUT2D eigenvalue weighted by atomic mass is 9.99. The van der Waals surface area contributed by atoms with Crippen molar-refractivity contribution in [2.24, 2.45) is 0 Å². The topological polar surface area (TPSA) is 96.4 Å². The maximum absolute atomic E-state index is 13.1. The summed E-state index contributed by atoms with van der Waals surface area (Å²) in [6.07, 6.45) is -6.15. The van der Waals surface area contributed by atoms with Crippen LogP contribution < -0.4 is 9.47 Å². The van der Waals surface area contributed by atoms with Crippen molar-refractivity contribution in [3.8, 4) is 22.6 Å². The number of hydrogen-bond acceptors (Lipinski definition) is 8. The van der Waals surface area contributed by atoms with Gasteiger partial charge < -0.3 is 28.6 Å². The molecular weight excluding hydrogens is 569 g/mol. The van der Waals surface area contributed by atoms with Gasteiger partial charge in [0.25, 0.3) is 0 Å². The van der Waals surface area contributed by atoms with Crippen LogP contribution in [0.3, 0.4) is 0 Å². The molecule has 0 unspecified atom stereocenters. The summed E-state index contributed by atoms with van der Waals surface area (Å²) in [6.45, 7) is 6.14. The van der Waals surface area contributed by atoms with Crippen LogP contribution in [0.4, 0.5) is 22.8 Å². The molecule has 0 aliphatic heterocycles. The van der Waals surface area contributed by atoms with Gasteiger partial charge in [0.15, 0.2) is 0 Å². The third-order valence-electron chi connectivity index (χ3n) is 5.62. The van der Waals surface area contributed by atoms with E-state index in [0.717, 1.165) is 12.1 Å². The summed E-state index contributed by atoms with van der Waals surface area (Å²) >= 11 is 6.33. The number of benzene rings is 2. The zero-order valence-corrected chi connectivity index (χ0v) is 24.1. The number of halogens is 4. The van der Waals surface area contributed by atoms with E-state index >= 15 is 0 Å². The van der Waals surface area contributed by atoms with Crippen molar-refractivity contribution < 1.29 is 46.4 Å². The summed E-state index contributed by atoms with van der Waals surface area (Å²) in [6, 6.07) is 7.62. The molecule has 9 nitrogen and oxygen atoms in total. The molecule has 0 fully saturated rings.